The summed E-state index contributed by atoms with van der Waals surface area (Å²) in [6, 6.07) is 14.1. The minimum atomic E-state index is -3.20. The number of ether oxygens (including phenoxy) is 1. The van der Waals surface area contributed by atoms with Crippen LogP contribution >= 0.6 is 12.4 Å². The Kier molecular flexibility index (Phi) is 9.30. The van der Waals surface area contributed by atoms with E-state index in [2.05, 4.69) is 10.6 Å². The third-order valence-corrected chi connectivity index (χ3v) is 3.79. The summed E-state index contributed by atoms with van der Waals surface area (Å²) in [6.45, 7) is -1.77. The molecule has 1 atom stereocenters. The predicted molar refractivity (Wildman–Crippen MR) is 107 cm³/mol. The second-order valence-electron chi connectivity index (χ2n) is 6.09. The van der Waals surface area contributed by atoms with E-state index < -0.39 is 37.0 Å². The first-order valence-corrected chi connectivity index (χ1v) is 8.52. The van der Waals surface area contributed by atoms with Crippen molar-refractivity contribution in [2.45, 2.75) is 18.4 Å². The summed E-state index contributed by atoms with van der Waals surface area (Å²) in [6.07, 6.45) is -0.279. The third-order valence-electron chi connectivity index (χ3n) is 3.79. The summed E-state index contributed by atoms with van der Waals surface area (Å²) >= 11 is 0. The monoisotopic (exact) mass is 428 g/mol. The molecule has 0 heterocycles. The van der Waals surface area contributed by atoms with Crippen LogP contribution in [0, 0.1) is 0 Å². The molecule has 2 aromatic carbocycles. The Morgan fingerprint density at radius 3 is 2.34 bits per heavy atom. The van der Waals surface area contributed by atoms with E-state index in [9.17, 15) is 18.4 Å². The van der Waals surface area contributed by atoms with E-state index in [1.165, 1.54) is 0 Å². The van der Waals surface area contributed by atoms with Crippen LogP contribution in [0.2, 0.25) is 0 Å². The zero-order chi connectivity index (χ0) is 20.6. The Morgan fingerprint density at radius 1 is 1.07 bits per heavy atom. The zero-order valence-electron chi connectivity index (χ0n) is 15.4. The highest BCUT2D eigenvalue weighted by molar-refractivity contribution is 5.85. The summed E-state index contributed by atoms with van der Waals surface area (Å²) in [5, 5.41) is 4.55. The molecule has 0 aliphatic carbocycles. The van der Waals surface area contributed by atoms with Crippen LogP contribution in [0.3, 0.4) is 0 Å². The van der Waals surface area contributed by atoms with E-state index >= 15 is 0 Å². The molecule has 0 saturated carbocycles. The van der Waals surface area contributed by atoms with Crippen LogP contribution in [-0.4, -0.2) is 31.0 Å². The first kappa shape index (κ1) is 24.1. The lowest BCUT2D eigenvalue weighted by Crippen LogP contribution is -2.43. The number of para-hydroxylation sites is 1. The van der Waals surface area contributed by atoms with Gasteiger partial charge in [-0.3, -0.25) is 4.79 Å². The van der Waals surface area contributed by atoms with Gasteiger partial charge in [0.05, 0.1) is 25.6 Å². The van der Waals surface area contributed by atoms with Crippen molar-refractivity contribution < 1.29 is 23.1 Å². The van der Waals surface area contributed by atoms with Crippen molar-refractivity contribution in [3.63, 3.8) is 0 Å². The molecule has 3 amide bonds. The fourth-order valence-corrected chi connectivity index (χ4v) is 2.40. The number of carbonyl (C=O) groups excluding carboxylic acids is 2. The van der Waals surface area contributed by atoms with E-state index in [1.807, 2.05) is 18.2 Å². The van der Waals surface area contributed by atoms with Gasteiger partial charge in [0.1, 0.15) is 11.5 Å². The molecule has 0 aliphatic rings. The van der Waals surface area contributed by atoms with Crippen LogP contribution < -0.4 is 26.8 Å². The quantitative estimate of drug-likeness (QED) is 0.490. The van der Waals surface area contributed by atoms with Crippen molar-refractivity contribution in [3.05, 3.63) is 60.2 Å². The van der Waals surface area contributed by atoms with E-state index in [4.69, 9.17) is 16.2 Å². The number of urea groups is 1. The first-order chi connectivity index (χ1) is 13.3. The summed E-state index contributed by atoms with van der Waals surface area (Å²) in [5.41, 5.74) is 10.7. The van der Waals surface area contributed by atoms with E-state index in [1.54, 1.807) is 36.4 Å². The van der Waals surface area contributed by atoms with E-state index in [0.29, 0.717) is 17.1 Å². The average Bonchev–Trinajstić information content (AvgIpc) is 2.67. The Hall–Kier alpha value is -2.91. The van der Waals surface area contributed by atoms with Gasteiger partial charge in [0.25, 0.3) is 5.92 Å². The number of alkyl halides is 2. The number of primary amides is 1. The Bertz CT molecular complexity index is 809. The lowest BCUT2D eigenvalue weighted by Gasteiger charge is -2.20. The van der Waals surface area contributed by atoms with Crippen molar-refractivity contribution in [3.8, 4) is 11.5 Å². The second kappa shape index (κ2) is 11.2. The van der Waals surface area contributed by atoms with E-state index in [0.717, 1.165) is 0 Å². The molecule has 0 aliphatic heterocycles. The molecule has 0 aromatic heterocycles. The van der Waals surface area contributed by atoms with Gasteiger partial charge >= 0.3 is 6.03 Å². The standard InChI is InChI=1S/C19H22F2N4O3.ClH/c20-19(21,11-22)12-24-17(26)10-16(25-18(23)27)13-5-4-8-15(9-13)28-14-6-2-1-3-7-14;/h1-9,16H,10-12,22H2,(H,24,26)(H3,23,25,27);1H. The van der Waals surface area contributed by atoms with Gasteiger partial charge in [-0.2, -0.15) is 0 Å². The normalized spacial score (nSPS) is 11.7. The molecule has 0 spiro atoms. The number of benzene rings is 2. The average molecular weight is 429 g/mol. The number of hydrogen-bond acceptors (Lipinski definition) is 4. The van der Waals surface area contributed by atoms with Crippen molar-refractivity contribution >= 4 is 24.3 Å². The molecule has 2 aromatic rings. The van der Waals surface area contributed by atoms with Crippen molar-refractivity contribution in [1.29, 1.82) is 0 Å². The number of nitrogens with one attached hydrogen (secondary N) is 2. The van der Waals surface area contributed by atoms with Crippen molar-refractivity contribution in [2.75, 3.05) is 13.1 Å². The summed E-state index contributed by atoms with van der Waals surface area (Å²) in [7, 11) is 0. The molecular weight excluding hydrogens is 406 g/mol. The Labute approximate surface area is 173 Å². The highest BCUT2D eigenvalue weighted by Gasteiger charge is 2.28. The Balaban J connectivity index is 0.00000420. The number of carbonyl (C=O) groups is 2. The number of nitrogens with two attached hydrogens (primary N) is 2. The van der Waals surface area contributed by atoms with Crippen LogP contribution in [0.4, 0.5) is 13.6 Å². The number of amides is 3. The van der Waals surface area contributed by atoms with Crippen LogP contribution in [-0.2, 0) is 4.79 Å². The summed E-state index contributed by atoms with van der Waals surface area (Å²) < 4.78 is 32.1. The molecule has 10 heteroatoms. The van der Waals surface area contributed by atoms with Crippen molar-refractivity contribution in [1.82, 2.24) is 10.6 Å². The number of rotatable bonds is 9. The van der Waals surface area contributed by atoms with Gasteiger partial charge in [-0.25, -0.2) is 13.6 Å². The lowest BCUT2D eigenvalue weighted by atomic mass is 10.0. The molecule has 158 valence electrons. The van der Waals surface area contributed by atoms with Crippen LogP contribution in [0.1, 0.15) is 18.0 Å². The minimum absolute atomic E-state index is 0. The highest BCUT2D eigenvalue weighted by atomic mass is 35.5. The topological polar surface area (TPSA) is 119 Å². The SMILES string of the molecule is Cl.NCC(F)(F)CNC(=O)CC(NC(N)=O)c1cccc(Oc2ccccc2)c1. The minimum Gasteiger partial charge on any atom is -0.457 e. The molecular formula is C19H23ClF2N4O3. The maximum atomic E-state index is 13.2. The summed E-state index contributed by atoms with van der Waals surface area (Å²) in [5.74, 6) is -2.79. The van der Waals surface area contributed by atoms with E-state index in [-0.39, 0.29) is 18.8 Å². The molecule has 6 N–H and O–H groups in total. The van der Waals surface area contributed by atoms with Crippen LogP contribution in [0.5, 0.6) is 11.5 Å². The predicted octanol–water partition coefficient (Wildman–Crippen LogP) is 2.71. The maximum absolute atomic E-state index is 13.2. The molecule has 0 bridgehead atoms. The molecule has 0 radical (unpaired) electrons. The van der Waals surface area contributed by atoms with Gasteiger partial charge in [0.2, 0.25) is 5.91 Å². The Morgan fingerprint density at radius 2 is 1.72 bits per heavy atom. The molecule has 7 nitrogen and oxygen atoms in total. The van der Waals surface area contributed by atoms with Gasteiger partial charge in [-0.15, -0.1) is 12.4 Å². The van der Waals surface area contributed by atoms with Crippen molar-refractivity contribution in [2.24, 2.45) is 11.5 Å². The first-order valence-electron chi connectivity index (χ1n) is 8.52. The fraction of sp³-hybridized carbons (Fsp3) is 0.263. The van der Waals surface area contributed by atoms with Gasteiger partial charge < -0.3 is 26.8 Å². The molecule has 0 fully saturated rings. The second-order valence-corrected chi connectivity index (χ2v) is 6.09. The van der Waals surface area contributed by atoms with Crippen LogP contribution in [0.15, 0.2) is 54.6 Å². The molecule has 0 saturated heterocycles. The van der Waals surface area contributed by atoms with Crippen LogP contribution in [0.25, 0.3) is 0 Å². The summed E-state index contributed by atoms with van der Waals surface area (Å²) in [4.78, 5) is 23.4. The number of halogens is 3. The molecule has 29 heavy (non-hydrogen) atoms. The lowest BCUT2D eigenvalue weighted by molar-refractivity contribution is -0.123. The van der Waals surface area contributed by atoms with Gasteiger partial charge in [-0.1, -0.05) is 30.3 Å². The maximum Gasteiger partial charge on any atom is 0.312 e. The highest BCUT2D eigenvalue weighted by Crippen LogP contribution is 2.26. The smallest absolute Gasteiger partial charge is 0.312 e. The van der Waals surface area contributed by atoms with Gasteiger partial charge in [0, 0.05) is 0 Å². The molecule has 2 rings (SSSR count). The fourth-order valence-electron chi connectivity index (χ4n) is 2.40. The molecule has 1 unspecified atom stereocenters. The third kappa shape index (κ3) is 8.32. The number of hydrogen-bond donors (Lipinski definition) is 4. The van der Waals surface area contributed by atoms with Gasteiger partial charge in [0.15, 0.2) is 0 Å². The zero-order valence-corrected chi connectivity index (χ0v) is 16.3. The largest absolute Gasteiger partial charge is 0.457 e. The van der Waals surface area contributed by atoms with Gasteiger partial charge in [-0.05, 0) is 29.8 Å².